The smallest absolute Gasteiger partial charge is 0.0314 e. The molecule has 1 rings (SSSR count). The topological polar surface area (TPSA) is 29.3 Å². The Morgan fingerprint density at radius 3 is 1.58 bits per heavy atom. The summed E-state index contributed by atoms with van der Waals surface area (Å²) in [4.78, 5) is 2.00. The molecule has 0 spiro atoms. The minimum atomic E-state index is 0.829. The molecule has 0 aromatic heterocycles. The van der Waals surface area contributed by atoms with Gasteiger partial charge in [-0.1, -0.05) is 17.7 Å². The van der Waals surface area contributed by atoms with Gasteiger partial charge in [-0.2, -0.15) is 0 Å². The van der Waals surface area contributed by atoms with Crippen LogP contribution in [-0.4, -0.2) is 26.0 Å². The molecule has 0 bridgehead atoms. The Balaban J connectivity index is 0.000000261. The van der Waals surface area contributed by atoms with Crippen molar-refractivity contribution in [1.82, 2.24) is 4.90 Å². The molecule has 2 N–H and O–H groups in total. The van der Waals surface area contributed by atoms with Crippen LogP contribution in [0.25, 0.3) is 0 Å². The maximum absolute atomic E-state index is 5.43. The van der Waals surface area contributed by atoms with Crippen LogP contribution in [0.3, 0.4) is 0 Å². The van der Waals surface area contributed by atoms with Gasteiger partial charge in [0.15, 0.2) is 0 Å². The van der Waals surface area contributed by atoms with Crippen LogP contribution in [0, 0.1) is 6.92 Å². The monoisotopic (exact) mass is 166 g/mol. The molecule has 68 valence electrons. The van der Waals surface area contributed by atoms with Gasteiger partial charge in [0.2, 0.25) is 0 Å². The van der Waals surface area contributed by atoms with Crippen molar-refractivity contribution < 1.29 is 0 Å². The number of nitrogens with two attached hydrogens (primary N) is 1. The predicted octanol–water partition coefficient (Wildman–Crippen LogP) is 1.76. The van der Waals surface area contributed by atoms with Crippen LogP contribution in [0.5, 0.6) is 0 Å². The van der Waals surface area contributed by atoms with Crippen LogP contribution in [0.2, 0.25) is 0 Å². The zero-order valence-corrected chi connectivity index (χ0v) is 8.33. The van der Waals surface area contributed by atoms with E-state index in [4.69, 9.17) is 5.73 Å². The molecule has 2 heteroatoms. The minimum absolute atomic E-state index is 0.829. The number of nitrogen functional groups attached to an aromatic ring is 1. The number of aryl methyl sites for hydroxylation is 1. The standard InChI is InChI=1S/C7H9N.C3H9N/c1-6-2-4-7(8)5-3-6;1-4(2)3/h2-5H,8H2,1H3;1-3H3. The summed E-state index contributed by atoms with van der Waals surface area (Å²) in [6.45, 7) is 2.04. The minimum Gasteiger partial charge on any atom is -0.399 e. The van der Waals surface area contributed by atoms with Crippen LogP contribution >= 0.6 is 0 Å². The lowest BCUT2D eigenvalue weighted by Gasteiger charge is -1.90. The number of hydrogen-bond acceptors (Lipinski definition) is 2. The van der Waals surface area contributed by atoms with Crippen LogP contribution in [0.1, 0.15) is 5.56 Å². The summed E-state index contributed by atoms with van der Waals surface area (Å²) < 4.78 is 0. The molecule has 0 unspecified atom stereocenters. The van der Waals surface area contributed by atoms with Crippen molar-refractivity contribution in [2.45, 2.75) is 6.92 Å². The molecule has 0 aliphatic carbocycles. The third-order valence-electron chi connectivity index (χ3n) is 1.08. The maximum atomic E-state index is 5.43. The Morgan fingerprint density at radius 2 is 1.33 bits per heavy atom. The van der Waals surface area contributed by atoms with Crippen molar-refractivity contribution in [2.24, 2.45) is 0 Å². The van der Waals surface area contributed by atoms with E-state index in [-0.39, 0.29) is 0 Å². The first-order valence-electron chi connectivity index (χ1n) is 3.95. The SMILES string of the molecule is CN(C)C.Cc1ccc(N)cc1. The highest BCUT2D eigenvalue weighted by Crippen LogP contribution is 2.02. The molecule has 0 aliphatic heterocycles. The molecule has 0 amide bonds. The lowest BCUT2D eigenvalue weighted by molar-refractivity contribution is 0.505. The van der Waals surface area contributed by atoms with Gasteiger partial charge in [0.1, 0.15) is 0 Å². The third kappa shape index (κ3) is 7.09. The molecule has 0 aliphatic rings. The molecule has 0 fully saturated rings. The quantitative estimate of drug-likeness (QED) is 0.595. The lowest BCUT2D eigenvalue weighted by atomic mass is 10.2. The van der Waals surface area contributed by atoms with E-state index in [1.54, 1.807) is 0 Å². The molecular weight excluding hydrogens is 148 g/mol. The zero-order valence-electron chi connectivity index (χ0n) is 8.33. The van der Waals surface area contributed by atoms with Crippen molar-refractivity contribution in [3.8, 4) is 0 Å². The largest absolute Gasteiger partial charge is 0.399 e. The van der Waals surface area contributed by atoms with Gasteiger partial charge in [0.05, 0.1) is 0 Å². The molecule has 1 aromatic rings. The highest BCUT2D eigenvalue weighted by Gasteiger charge is 1.80. The summed E-state index contributed by atoms with van der Waals surface area (Å²) in [7, 11) is 6.00. The Kier molecular flexibility index (Phi) is 5.13. The van der Waals surface area contributed by atoms with E-state index in [9.17, 15) is 0 Å². The first kappa shape index (κ1) is 11.0. The van der Waals surface area contributed by atoms with E-state index < -0.39 is 0 Å². The van der Waals surface area contributed by atoms with Crippen molar-refractivity contribution in [1.29, 1.82) is 0 Å². The molecule has 2 nitrogen and oxygen atoms in total. The molecule has 0 atom stereocenters. The van der Waals surface area contributed by atoms with E-state index in [2.05, 4.69) is 0 Å². The molecule has 0 heterocycles. The molecule has 0 saturated carbocycles. The number of anilines is 1. The fourth-order valence-electron chi connectivity index (χ4n) is 0.566. The summed E-state index contributed by atoms with van der Waals surface area (Å²) in [5.74, 6) is 0. The van der Waals surface area contributed by atoms with Gasteiger partial charge in [0, 0.05) is 5.69 Å². The van der Waals surface area contributed by atoms with Gasteiger partial charge in [0.25, 0.3) is 0 Å². The number of nitrogens with zero attached hydrogens (tertiary/aromatic N) is 1. The Labute approximate surface area is 75.0 Å². The van der Waals surface area contributed by atoms with Crippen LogP contribution in [0.4, 0.5) is 5.69 Å². The predicted molar refractivity (Wildman–Crippen MR) is 55.2 cm³/mol. The van der Waals surface area contributed by atoms with E-state index in [1.165, 1.54) is 5.56 Å². The second kappa shape index (κ2) is 5.61. The molecular formula is C10H18N2. The fraction of sp³-hybridized carbons (Fsp3) is 0.400. The van der Waals surface area contributed by atoms with Gasteiger partial charge in [-0.3, -0.25) is 0 Å². The highest BCUT2D eigenvalue weighted by molar-refractivity contribution is 5.38. The first-order valence-corrected chi connectivity index (χ1v) is 3.95. The van der Waals surface area contributed by atoms with Crippen LogP contribution in [0.15, 0.2) is 24.3 Å². The van der Waals surface area contributed by atoms with Crippen molar-refractivity contribution in [3.63, 3.8) is 0 Å². The Morgan fingerprint density at radius 1 is 1.00 bits per heavy atom. The summed E-state index contributed by atoms with van der Waals surface area (Å²) in [6.07, 6.45) is 0. The van der Waals surface area contributed by atoms with Gasteiger partial charge in [-0.25, -0.2) is 0 Å². The van der Waals surface area contributed by atoms with Gasteiger partial charge in [-0.15, -0.1) is 0 Å². The lowest BCUT2D eigenvalue weighted by Crippen LogP contribution is -1.99. The van der Waals surface area contributed by atoms with Gasteiger partial charge in [-0.05, 0) is 40.2 Å². The second-order valence-electron chi connectivity index (χ2n) is 3.25. The van der Waals surface area contributed by atoms with Crippen LogP contribution in [-0.2, 0) is 0 Å². The average molecular weight is 166 g/mol. The normalized spacial score (nSPS) is 9.08. The van der Waals surface area contributed by atoms with E-state index in [0.29, 0.717) is 0 Å². The van der Waals surface area contributed by atoms with Gasteiger partial charge < -0.3 is 10.6 Å². The fourth-order valence-corrected chi connectivity index (χ4v) is 0.566. The van der Waals surface area contributed by atoms with E-state index >= 15 is 0 Å². The van der Waals surface area contributed by atoms with Crippen molar-refractivity contribution >= 4 is 5.69 Å². The molecule has 0 radical (unpaired) electrons. The number of hydrogen-bond donors (Lipinski definition) is 1. The molecule has 0 saturated heterocycles. The Hall–Kier alpha value is -1.02. The third-order valence-corrected chi connectivity index (χ3v) is 1.08. The van der Waals surface area contributed by atoms with E-state index in [1.807, 2.05) is 57.2 Å². The number of benzene rings is 1. The average Bonchev–Trinajstić information content (AvgIpc) is 1.94. The molecule has 12 heavy (non-hydrogen) atoms. The van der Waals surface area contributed by atoms with Crippen LogP contribution < -0.4 is 5.73 Å². The van der Waals surface area contributed by atoms with Crippen molar-refractivity contribution in [3.05, 3.63) is 29.8 Å². The summed E-state index contributed by atoms with van der Waals surface area (Å²) in [5, 5.41) is 0. The second-order valence-corrected chi connectivity index (χ2v) is 3.25. The molecule has 1 aromatic carbocycles. The zero-order chi connectivity index (χ0) is 9.56. The highest BCUT2D eigenvalue weighted by atomic mass is 15.0. The maximum Gasteiger partial charge on any atom is 0.0314 e. The Bertz CT molecular complexity index is 178. The van der Waals surface area contributed by atoms with E-state index in [0.717, 1.165) is 5.69 Å². The van der Waals surface area contributed by atoms with Gasteiger partial charge >= 0.3 is 0 Å². The first-order chi connectivity index (χ1) is 5.52. The number of rotatable bonds is 0. The summed E-state index contributed by atoms with van der Waals surface area (Å²) in [5.41, 5.74) is 7.51. The van der Waals surface area contributed by atoms with Crippen molar-refractivity contribution in [2.75, 3.05) is 26.9 Å². The summed E-state index contributed by atoms with van der Waals surface area (Å²) in [6, 6.07) is 7.79. The summed E-state index contributed by atoms with van der Waals surface area (Å²) >= 11 is 0.